The molecular formula is C16H25NO4S. The summed E-state index contributed by atoms with van der Waals surface area (Å²) in [4.78, 5) is 2.18. The van der Waals surface area contributed by atoms with Crippen LogP contribution in [0.15, 0.2) is 17.0 Å². The van der Waals surface area contributed by atoms with Gasteiger partial charge in [0.1, 0.15) is 10.6 Å². The van der Waals surface area contributed by atoms with Crippen LogP contribution in [-0.4, -0.2) is 51.0 Å². The number of phenolic OH excluding ortho intramolecular Hbond substituents is 1. The first-order valence-corrected chi connectivity index (χ1v) is 9.35. The second-order valence-electron chi connectivity index (χ2n) is 6.89. The lowest BCUT2D eigenvalue weighted by molar-refractivity contribution is 0.0338. The van der Waals surface area contributed by atoms with Crippen LogP contribution < -0.4 is 0 Å². The number of hydrogen-bond donors (Lipinski definition) is 1. The van der Waals surface area contributed by atoms with Gasteiger partial charge in [-0.05, 0) is 17.0 Å². The molecule has 6 heteroatoms. The zero-order valence-electron chi connectivity index (χ0n) is 13.7. The van der Waals surface area contributed by atoms with E-state index in [1.54, 1.807) is 6.07 Å². The number of phenols is 1. The summed E-state index contributed by atoms with van der Waals surface area (Å²) in [7, 11) is -3.47. The fourth-order valence-corrected chi connectivity index (χ4v) is 3.33. The van der Waals surface area contributed by atoms with E-state index < -0.39 is 9.84 Å². The third-order valence-corrected chi connectivity index (χ3v) is 5.03. The van der Waals surface area contributed by atoms with Crippen molar-refractivity contribution in [3.63, 3.8) is 0 Å². The molecule has 0 amide bonds. The fraction of sp³-hybridized carbons (Fsp3) is 0.625. The van der Waals surface area contributed by atoms with Crippen LogP contribution in [0.4, 0.5) is 0 Å². The summed E-state index contributed by atoms with van der Waals surface area (Å²) in [5, 5.41) is 10.4. The van der Waals surface area contributed by atoms with Gasteiger partial charge in [-0.3, -0.25) is 4.90 Å². The molecule has 1 aromatic rings. The maximum absolute atomic E-state index is 12.0. The van der Waals surface area contributed by atoms with Crippen molar-refractivity contribution in [3.8, 4) is 5.75 Å². The summed E-state index contributed by atoms with van der Waals surface area (Å²) in [6.45, 7) is 9.53. The lowest BCUT2D eigenvalue weighted by Crippen LogP contribution is -2.35. The highest BCUT2D eigenvalue weighted by Gasteiger charge is 2.24. The number of morpholine rings is 1. The molecule has 1 saturated heterocycles. The van der Waals surface area contributed by atoms with Crippen molar-refractivity contribution in [2.45, 2.75) is 37.6 Å². The van der Waals surface area contributed by atoms with Crippen LogP contribution in [0, 0.1) is 0 Å². The molecule has 0 bridgehead atoms. The smallest absolute Gasteiger partial charge is 0.179 e. The SMILES string of the molecule is CC(C)(C)c1cc(CN2CCOCC2)c(O)c(S(C)(=O)=O)c1. The van der Waals surface area contributed by atoms with Crippen LogP contribution in [0.25, 0.3) is 0 Å². The van der Waals surface area contributed by atoms with Crippen LogP contribution >= 0.6 is 0 Å². The zero-order valence-corrected chi connectivity index (χ0v) is 14.5. The van der Waals surface area contributed by atoms with Gasteiger partial charge in [0, 0.05) is 31.5 Å². The summed E-state index contributed by atoms with van der Waals surface area (Å²) in [5.74, 6) is -0.123. The van der Waals surface area contributed by atoms with Gasteiger partial charge in [-0.1, -0.05) is 26.8 Å². The van der Waals surface area contributed by atoms with E-state index in [1.807, 2.05) is 26.8 Å². The second kappa shape index (κ2) is 6.18. The number of ether oxygens (including phenoxy) is 1. The Morgan fingerprint density at radius 3 is 2.32 bits per heavy atom. The Morgan fingerprint density at radius 1 is 1.23 bits per heavy atom. The van der Waals surface area contributed by atoms with Gasteiger partial charge in [-0.2, -0.15) is 0 Å². The molecule has 1 heterocycles. The minimum Gasteiger partial charge on any atom is -0.506 e. The Hall–Kier alpha value is -1.11. The van der Waals surface area contributed by atoms with Crippen LogP contribution in [0.5, 0.6) is 5.75 Å². The highest BCUT2D eigenvalue weighted by atomic mass is 32.2. The van der Waals surface area contributed by atoms with Crippen molar-refractivity contribution in [1.29, 1.82) is 0 Å². The van der Waals surface area contributed by atoms with Crippen LogP contribution in [-0.2, 0) is 26.5 Å². The first kappa shape index (κ1) is 17.2. The second-order valence-corrected chi connectivity index (χ2v) is 8.88. The molecule has 1 aliphatic rings. The molecule has 0 aromatic heterocycles. The minimum atomic E-state index is -3.47. The number of sulfone groups is 1. The Bertz CT molecular complexity index is 641. The normalized spacial score (nSPS) is 17.6. The first-order valence-electron chi connectivity index (χ1n) is 7.45. The van der Waals surface area contributed by atoms with E-state index in [-0.39, 0.29) is 16.1 Å². The Morgan fingerprint density at radius 2 is 1.82 bits per heavy atom. The molecule has 0 unspecified atom stereocenters. The van der Waals surface area contributed by atoms with Gasteiger partial charge in [-0.15, -0.1) is 0 Å². The molecule has 0 atom stereocenters. The van der Waals surface area contributed by atoms with Crippen molar-refractivity contribution in [2.24, 2.45) is 0 Å². The van der Waals surface area contributed by atoms with Crippen molar-refractivity contribution >= 4 is 9.84 Å². The lowest BCUT2D eigenvalue weighted by atomic mass is 9.86. The highest BCUT2D eigenvalue weighted by molar-refractivity contribution is 7.90. The number of rotatable bonds is 3. The Balaban J connectivity index is 2.47. The summed E-state index contributed by atoms with van der Waals surface area (Å²) >= 11 is 0. The average molecular weight is 327 g/mol. The maximum atomic E-state index is 12.0. The summed E-state index contributed by atoms with van der Waals surface area (Å²) in [6, 6.07) is 3.51. The van der Waals surface area contributed by atoms with Gasteiger partial charge in [0.05, 0.1) is 13.2 Å². The standard InChI is InChI=1S/C16H25NO4S/c1-16(2,3)13-9-12(11-17-5-7-21-8-6-17)15(18)14(10-13)22(4,19)20/h9-10,18H,5-8,11H2,1-4H3. The van der Waals surface area contributed by atoms with E-state index in [0.717, 1.165) is 24.9 Å². The topological polar surface area (TPSA) is 66.8 Å². The van der Waals surface area contributed by atoms with E-state index >= 15 is 0 Å². The third-order valence-electron chi connectivity index (χ3n) is 3.92. The number of hydrogen-bond acceptors (Lipinski definition) is 5. The van der Waals surface area contributed by atoms with E-state index in [0.29, 0.717) is 25.3 Å². The molecule has 1 N–H and O–H groups in total. The molecule has 1 aromatic carbocycles. The number of aromatic hydroxyl groups is 1. The summed E-state index contributed by atoms with van der Waals surface area (Å²) in [6.07, 6.45) is 1.13. The fourth-order valence-electron chi connectivity index (χ4n) is 2.50. The Kier molecular flexibility index (Phi) is 4.84. The highest BCUT2D eigenvalue weighted by Crippen LogP contribution is 2.34. The molecule has 0 saturated carbocycles. The maximum Gasteiger partial charge on any atom is 0.179 e. The van der Waals surface area contributed by atoms with Gasteiger partial charge in [-0.25, -0.2) is 8.42 Å². The van der Waals surface area contributed by atoms with Gasteiger partial charge in [0.15, 0.2) is 9.84 Å². The molecule has 0 spiro atoms. The van der Waals surface area contributed by atoms with Gasteiger partial charge in [0.25, 0.3) is 0 Å². The predicted octanol–water partition coefficient (Wildman–Crippen LogP) is 1.93. The van der Waals surface area contributed by atoms with Crippen molar-refractivity contribution in [2.75, 3.05) is 32.6 Å². The van der Waals surface area contributed by atoms with Gasteiger partial charge in [0.2, 0.25) is 0 Å². The van der Waals surface area contributed by atoms with Crippen LogP contribution in [0.3, 0.4) is 0 Å². The third kappa shape index (κ3) is 4.00. The largest absolute Gasteiger partial charge is 0.506 e. The van der Waals surface area contributed by atoms with Gasteiger partial charge >= 0.3 is 0 Å². The molecule has 0 radical (unpaired) electrons. The van der Waals surface area contributed by atoms with Crippen molar-refractivity contribution in [1.82, 2.24) is 4.90 Å². The predicted molar refractivity (Wildman–Crippen MR) is 86.0 cm³/mol. The van der Waals surface area contributed by atoms with E-state index in [1.165, 1.54) is 0 Å². The molecule has 5 nitrogen and oxygen atoms in total. The summed E-state index contributed by atoms with van der Waals surface area (Å²) in [5.41, 5.74) is 1.39. The molecule has 2 rings (SSSR count). The molecular weight excluding hydrogens is 302 g/mol. The minimum absolute atomic E-state index is 0.0168. The van der Waals surface area contributed by atoms with Crippen molar-refractivity contribution < 1.29 is 18.3 Å². The lowest BCUT2D eigenvalue weighted by Gasteiger charge is -2.28. The van der Waals surface area contributed by atoms with Gasteiger partial charge < -0.3 is 9.84 Å². The van der Waals surface area contributed by atoms with Crippen molar-refractivity contribution in [3.05, 3.63) is 23.3 Å². The number of benzene rings is 1. The molecule has 1 fully saturated rings. The zero-order chi connectivity index (χ0) is 16.5. The van der Waals surface area contributed by atoms with E-state index in [2.05, 4.69) is 4.90 Å². The molecule has 124 valence electrons. The molecule has 0 aliphatic carbocycles. The van der Waals surface area contributed by atoms with E-state index in [4.69, 9.17) is 4.74 Å². The first-order chi connectivity index (χ1) is 10.1. The van der Waals surface area contributed by atoms with Crippen LogP contribution in [0.1, 0.15) is 31.9 Å². The Labute approximate surface area is 132 Å². The monoisotopic (exact) mass is 327 g/mol. The molecule has 1 aliphatic heterocycles. The quantitative estimate of drug-likeness (QED) is 0.919. The molecule has 22 heavy (non-hydrogen) atoms. The van der Waals surface area contributed by atoms with E-state index in [9.17, 15) is 13.5 Å². The van der Waals surface area contributed by atoms with Crippen LogP contribution in [0.2, 0.25) is 0 Å². The average Bonchev–Trinajstić information content (AvgIpc) is 2.39. The summed E-state index contributed by atoms with van der Waals surface area (Å²) < 4.78 is 29.3. The number of nitrogens with zero attached hydrogens (tertiary/aromatic N) is 1.